The van der Waals surface area contributed by atoms with Gasteiger partial charge in [-0.05, 0) is 12.0 Å². The summed E-state index contributed by atoms with van der Waals surface area (Å²) in [7, 11) is 0. The molecule has 0 unspecified atom stereocenters. The Morgan fingerprint density at radius 2 is 1.35 bits per heavy atom. The predicted molar refractivity (Wildman–Crippen MR) is 86.5 cm³/mol. The molecular weight excluding hydrogens is 320 g/mol. The van der Waals surface area contributed by atoms with Crippen molar-refractivity contribution in [2.24, 2.45) is 0 Å². The summed E-state index contributed by atoms with van der Waals surface area (Å²) in [5.74, 6) is -3.19. The van der Waals surface area contributed by atoms with Gasteiger partial charge in [-0.1, -0.05) is 82.2 Å². The van der Waals surface area contributed by atoms with Crippen LogP contribution >= 0.6 is 0 Å². The Morgan fingerprint density at radius 1 is 0.870 bits per heavy atom. The molecule has 0 aromatic heterocycles. The molecule has 0 heterocycles. The molecule has 1 aromatic rings. The molecule has 0 N–H and O–H groups in total. The molecule has 0 spiro atoms. The van der Waals surface area contributed by atoms with Gasteiger partial charge in [-0.15, -0.1) is 0 Å². The number of carboxylic acids is 2. The van der Waals surface area contributed by atoms with E-state index in [-0.39, 0.29) is 49.7 Å². The van der Waals surface area contributed by atoms with Crippen molar-refractivity contribution in [2.75, 3.05) is 0 Å². The average Bonchev–Trinajstić information content (AvgIpc) is 2.50. The van der Waals surface area contributed by atoms with Crippen LogP contribution in [0, 0.1) is 0 Å². The summed E-state index contributed by atoms with van der Waals surface area (Å²) in [6, 6.07) is 7.98. The van der Waals surface area contributed by atoms with Crippen molar-refractivity contribution in [1.29, 1.82) is 0 Å². The van der Waals surface area contributed by atoms with Gasteiger partial charge in [-0.25, -0.2) is 0 Å². The number of carboxylic acid groups (broad SMARTS) is 2. The number of aliphatic carboxylic acids is 2. The Morgan fingerprint density at radius 3 is 1.83 bits per heavy atom. The topological polar surface area (TPSA) is 80.3 Å². The molecule has 0 aliphatic heterocycles. The zero-order valence-corrected chi connectivity index (χ0v) is 16.1. The number of hydrogen-bond donors (Lipinski definition) is 0. The third kappa shape index (κ3) is 6.44. The van der Waals surface area contributed by atoms with Crippen molar-refractivity contribution >= 4 is 49.7 Å². The van der Waals surface area contributed by atoms with Crippen LogP contribution in [0.5, 0.6) is 0 Å². The van der Waals surface area contributed by atoms with E-state index in [9.17, 15) is 19.8 Å². The van der Waals surface area contributed by atoms with Crippen molar-refractivity contribution < 1.29 is 19.8 Å². The van der Waals surface area contributed by atoms with Crippen LogP contribution in [-0.2, 0) is 15.0 Å². The molecule has 1 aromatic carbocycles. The normalized spacial score (nSPS) is 10.8. The van der Waals surface area contributed by atoms with Gasteiger partial charge in [-0.2, -0.15) is 0 Å². The largest absolute Gasteiger partial charge is 2.00 e. The summed E-state index contributed by atoms with van der Waals surface area (Å²) in [4.78, 5) is 23.1. The van der Waals surface area contributed by atoms with Crippen LogP contribution in [0.25, 0.3) is 0 Å². The van der Waals surface area contributed by atoms with E-state index in [1.807, 2.05) is 0 Å². The summed E-state index contributed by atoms with van der Waals surface area (Å²) >= 11 is 0. The molecule has 0 saturated carbocycles. The first-order valence-corrected chi connectivity index (χ1v) is 8.04. The zero-order valence-electron chi connectivity index (χ0n) is 13.9. The molecule has 0 fully saturated rings. The Labute approximate surface area is 168 Å². The van der Waals surface area contributed by atoms with E-state index in [4.69, 9.17) is 0 Å². The maximum absolute atomic E-state index is 11.5. The molecule has 0 aliphatic rings. The first-order valence-electron chi connectivity index (χ1n) is 8.04. The van der Waals surface area contributed by atoms with Crippen molar-refractivity contribution in [3.63, 3.8) is 0 Å². The number of hydrogen-bond acceptors (Lipinski definition) is 4. The maximum atomic E-state index is 11.5. The van der Waals surface area contributed by atoms with Gasteiger partial charge < -0.3 is 19.8 Å². The quantitative estimate of drug-likeness (QED) is 0.343. The molecule has 0 amide bonds. The van der Waals surface area contributed by atoms with Crippen molar-refractivity contribution in [3.05, 3.63) is 35.9 Å². The number of benzene rings is 1. The third-order valence-electron chi connectivity index (χ3n) is 4.12. The first kappa shape index (κ1) is 22.4. The van der Waals surface area contributed by atoms with Gasteiger partial charge in [0, 0.05) is 0 Å². The predicted octanol–water partition coefficient (Wildman–Crippen LogP) is 1.18. The number of rotatable bonds is 11. The van der Waals surface area contributed by atoms with Crippen LogP contribution in [0.4, 0.5) is 0 Å². The van der Waals surface area contributed by atoms with Gasteiger partial charge in [0.2, 0.25) is 0 Å². The number of carbonyl (C=O) groups is 2. The van der Waals surface area contributed by atoms with Gasteiger partial charge in [-0.3, -0.25) is 0 Å². The fraction of sp³-hybridized carbons (Fsp3) is 0.556. The smallest absolute Gasteiger partial charge is 0.549 e. The second-order valence-electron chi connectivity index (χ2n) is 5.72. The van der Waals surface area contributed by atoms with E-state index in [1.54, 1.807) is 18.2 Å². The molecule has 5 heteroatoms. The van der Waals surface area contributed by atoms with Crippen LogP contribution in [0.15, 0.2) is 30.3 Å². The fourth-order valence-electron chi connectivity index (χ4n) is 2.74. The Balaban J connectivity index is 0.00000484. The number of carbonyl (C=O) groups excluding carboxylic acids is 2. The molecule has 23 heavy (non-hydrogen) atoms. The van der Waals surface area contributed by atoms with Gasteiger partial charge in [0.25, 0.3) is 0 Å². The van der Waals surface area contributed by atoms with Gasteiger partial charge in [0.1, 0.15) is 0 Å². The minimum absolute atomic E-state index is 0. The summed E-state index contributed by atoms with van der Waals surface area (Å²) in [5.41, 5.74) is -1.83. The molecule has 122 valence electrons. The van der Waals surface area contributed by atoms with Gasteiger partial charge >= 0.3 is 37.7 Å². The molecular formula is C18H24CaO4. The Kier molecular flexibility index (Phi) is 11.6. The summed E-state index contributed by atoms with van der Waals surface area (Å²) in [6.45, 7) is 2.15. The van der Waals surface area contributed by atoms with Crippen molar-refractivity contribution in [1.82, 2.24) is 0 Å². The van der Waals surface area contributed by atoms with E-state index < -0.39 is 17.4 Å². The van der Waals surface area contributed by atoms with Crippen LogP contribution in [0.3, 0.4) is 0 Å². The second kappa shape index (κ2) is 11.9. The molecule has 0 saturated heterocycles. The van der Waals surface area contributed by atoms with E-state index >= 15 is 0 Å². The molecule has 0 radical (unpaired) electrons. The number of unbranched alkanes of at least 4 members (excludes halogenated alkanes) is 6. The van der Waals surface area contributed by atoms with E-state index in [0.717, 1.165) is 19.3 Å². The van der Waals surface area contributed by atoms with E-state index in [0.29, 0.717) is 6.42 Å². The van der Waals surface area contributed by atoms with E-state index in [1.165, 1.54) is 31.4 Å². The zero-order chi connectivity index (χ0) is 16.4. The van der Waals surface area contributed by atoms with E-state index in [2.05, 4.69) is 6.92 Å². The van der Waals surface area contributed by atoms with Crippen LogP contribution < -0.4 is 10.2 Å². The minimum Gasteiger partial charge on any atom is -0.549 e. The van der Waals surface area contributed by atoms with Crippen molar-refractivity contribution in [3.8, 4) is 0 Å². The third-order valence-corrected chi connectivity index (χ3v) is 4.12. The van der Waals surface area contributed by atoms with Gasteiger partial charge in [0.15, 0.2) is 0 Å². The standard InChI is InChI=1S/C18H26O4.Ca/c1-2-3-4-5-6-7-11-14-18(16(19)20,17(21)22)15-12-9-8-10-13-15;/h8-10,12-13H,2-7,11,14H2,1H3,(H,19,20)(H,21,22);/q;+2/p-2. The Bertz CT molecular complexity index is 459. The molecule has 0 aliphatic carbocycles. The fourth-order valence-corrected chi connectivity index (χ4v) is 2.74. The molecule has 0 atom stereocenters. The monoisotopic (exact) mass is 344 g/mol. The molecule has 4 nitrogen and oxygen atoms in total. The second-order valence-corrected chi connectivity index (χ2v) is 5.72. The summed E-state index contributed by atoms with van der Waals surface area (Å²) < 4.78 is 0. The summed E-state index contributed by atoms with van der Waals surface area (Å²) in [6.07, 6.45) is 6.99. The minimum atomic E-state index is -2.05. The first-order chi connectivity index (χ1) is 10.6. The average molecular weight is 344 g/mol. The van der Waals surface area contributed by atoms with Crippen LogP contribution in [-0.4, -0.2) is 49.7 Å². The van der Waals surface area contributed by atoms with Crippen LogP contribution in [0.1, 0.15) is 63.9 Å². The molecule has 0 bridgehead atoms. The van der Waals surface area contributed by atoms with Crippen LogP contribution in [0.2, 0.25) is 0 Å². The molecule has 1 rings (SSSR count). The SMILES string of the molecule is CCCCCCCCCC(C(=O)[O-])(C(=O)[O-])c1ccccc1.[Ca+2]. The Hall–Kier alpha value is -0.580. The van der Waals surface area contributed by atoms with Crippen molar-refractivity contribution in [2.45, 2.75) is 63.7 Å². The summed E-state index contributed by atoms with van der Waals surface area (Å²) in [5, 5.41) is 23.1. The maximum Gasteiger partial charge on any atom is 2.00 e. The van der Waals surface area contributed by atoms with Gasteiger partial charge in [0.05, 0.1) is 17.4 Å².